The number of benzene rings is 2. The van der Waals surface area contributed by atoms with Gasteiger partial charge in [-0.25, -0.2) is 0 Å². The van der Waals surface area contributed by atoms with E-state index in [1.54, 1.807) is 6.33 Å². The van der Waals surface area contributed by atoms with Crippen molar-refractivity contribution < 1.29 is 0 Å². The third kappa shape index (κ3) is 2.12. The predicted octanol–water partition coefficient (Wildman–Crippen LogP) is 3.31. The number of para-hydroxylation sites is 1. The highest BCUT2D eigenvalue weighted by molar-refractivity contribution is 6.35. The van der Waals surface area contributed by atoms with E-state index in [9.17, 15) is 0 Å². The Kier molecular flexibility index (Phi) is 3.24. The van der Waals surface area contributed by atoms with E-state index in [2.05, 4.69) is 22.3 Å². The van der Waals surface area contributed by atoms with E-state index >= 15 is 0 Å². The van der Waals surface area contributed by atoms with Gasteiger partial charge in [-0.3, -0.25) is 9.56 Å². The van der Waals surface area contributed by atoms with Crippen LogP contribution < -0.4 is 0 Å². The van der Waals surface area contributed by atoms with Gasteiger partial charge in [-0.15, -0.1) is 10.2 Å². The van der Waals surface area contributed by atoms with Gasteiger partial charge in [-0.1, -0.05) is 48.0 Å². The highest BCUT2D eigenvalue weighted by Crippen LogP contribution is 2.25. The number of hydrogen-bond acceptors (Lipinski definition) is 3. The highest BCUT2D eigenvalue weighted by Gasteiger charge is 2.19. The Bertz CT molecular complexity index is 866. The summed E-state index contributed by atoms with van der Waals surface area (Å²) in [7, 11) is 0. The van der Waals surface area contributed by atoms with Crippen LogP contribution in [-0.4, -0.2) is 27.0 Å². The molecule has 2 heterocycles. The Morgan fingerprint density at radius 2 is 1.73 bits per heavy atom. The molecule has 4 nitrogen and oxygen atoms in total. The molecule has 0 aliphatic carbocycles. The minimum atomic E-state index is 0.660. The maximum Gasteiger partial charge on any atom is 0.139 e. The summed E-state index contributed by atoms with van der Waals surface area (Å²) in [6, 6.07) is 15.9. The first-order chi connectivity index (χ1) is 10.8. The predicted molar refractivity (Wildman–Crippen MR) is 87.0 cm³/mol. The Morgan fingerprint density at radius 1 is 0.955 bits per heavy atom. The van der Waals surface area contributed by atoms with Gasteiger partial charge >= 0.3 is 0 Å². The Balaban J connectivity index is 1.97. The SMILES string of the molecule is Clc1ccccc1/C1=N/CCc2nncn2-c2ccccc21. The first-order valence-corrected chi connectivity index (χ1v) is 7.50. The van der Waals surface area contributed by atoms with Crippen LogP contribution in [-0.2, 0) is 6.42 Å². The molecule has 0 spiro atoms. The average molecular weight is 309 g/mol. The van der Waals surface area contributed by atoms with Crippen LogP contribution in [0.4, 0.5) is 0 Å². The van der Waals surface area contributed by atoms with E-state index in [0.717, 1.165) is 34.8 Å². The summed E-state index contributed by atoms with van der Waals surface area (Å²) in [5.41, 5.74) is 3.94. The molecule has 3 aromatic rings. The van der Waals surface area contributed by atoms with Crippen LogP contribution in [0, 0.1) is 0 Å². The molecule has 0 radical (unpaired) electrons. The van der Waals surface area contributed by atoms with Crippen molar-refractivity contribution in [2.45, 2.75) is 6.42 Å². The van der Waals surface area contributed by atoms with Crippen molar-refractivity contribution in [3.8, 4) is 5.69 Å². The Hall–Kier alpha value is -2.46. The van der Waals surface area contributed by atoms with Crippen LogP contribution in [0.3, 0.4) is 0 Å². The molecule has 0 amide bonds. The van der Waals surface area contributed by atoms with Gasteiger partial charge in [0.2, 0.25) is 0 Å². The van der Waals surface area contributed by atoms with E-state index in [0.29, 0.717) is 11.6 Å². The van der Waals surface area contributed by atoms with Crippen molar-refractivity contribution in [1.29, 1.82) is 0 Å². The van der Waals surface area contributed by atoms with Crippen molar-refractivity contribution in [2.24, 2.45) is 4.99 Å². The summed E-state index contributed by atoms with van der Waals surface area (Å²) in [5.74, 6) is 0.925. The number of aromatic nitrogens is 3. The fraction of sp³-hybridized carbons (Fsp3) is 0.118. The third-order valence-corrected chi connectivity index (χ3v) is 4.10. The van der Waals surface area contributed by atoms with Crippen LogP contribution in [0.5, 0.6) is 0 Å². The van der Waals surface area contributed by atoms with Crippen molar-refractivity contribution >= 4 is 17.3 Å². The molecule has 0 saturated heterocycles. The van der Waals surface area contributed by atoms with E-state index < -0.39 is 0 Å². The number of nitrogens with zero attached hydrogens (tertiary/aromatic N) is 4. The normalized spacial score (nSPS) is 16.0. The van der Waals surface area contributed by atoms with Gasteiger partial charge in [0, 0.05) is 29.1 Å². The minimum Gasteiger partial charge on any atom is -0.285 e. The molecule has 1 aliphatic heterocycles. The molecule has 0 saturated carbocycles. The summed E-state index contributed by atoms with van der Waals surface area (Å²) >= 11 is 6.38. The molecule has 0 bridgehead atoms. The van der Waals surface area contributed by atoms with E-state index in [1.807, 2.05) is 41.0 Å². The molecule has 0 unspecified atom stereocenters. The lowest BCUT2D eigenvalue weighted by atomic mass is 9.99. The standard InChI is InChI=1S/C17H13ClN4/c18-14-7-3-1-5-12(14)17-13-6-2-4-8-15(13)22-11-20-21-16(22)9-10-19-17/h1-8,11H,9-10H2/b19-17-. The van der Waals surface area contributed by atoms with Gasteiger partial charge in [0.05, 0.1) is 11.4 Å². The average Bonchev–Trinajstić information content (AvgIpc) is 2.99. The summed E-state index contributed by atoms with van der Waals surface area (Å²) in [5, 5.41) is 8.94. The summed E-state index contributed by atoms with van der Waals surface area (Å²) < 4.78 is 2.03. The lowest BCUT2D eigenvalue weighted by molar-refractivity contribution is 0.823. The smallest absolute Gasteiger partial charge is 0.139 e. The minimum absolute atomic E-state index is 0.660. The second-order valence-electron chi connectivity index (χ2n) is 5.09. The van der Waals surface area contributed by atoms with Crippen LogP contribution in [0.2, 0.25) is 5.02 Å². The molecule has 1 aromatic heterocycles. The first kappa shape index (κ1) is 13.2. The molecular formula is C17H13ClN4. The van der Waals surface area contributed by atoms with Gasteiger partial charge < -0.3 is 0 Å². The molecule has 2 aromatic carbocycles. The topological polar surface area (TPSA) is 43.1 Å². The maximum atomic E-state index is 6.38. The Labute approximate surface area is 133 Å². The lowest BCUT2D eigenvalue weighted by Crippen LogP contribution is -2.15. The summed E-state index contributed by atoms with van der Waals surface area (Å²) in [6.07, 6.45) is 2.51. The zero-order valence-electron chi connectivity index (χ0n) is 11.8. The van der Waals surface area contributed by atoms with Crippen LogP contribution in [0.25, 0.3) is 5.69 Å². The van der Waals surface area contributed by atoms with E-state index in [1.165, 1.54) is 0 Å². The second kappa shape index (κ2) is 5.39. The van der Waals surface area contributed by atoms with Gasteiger partial charge in [-0.05, 0) is 12.1 Å². The highest BCUT2D eigenvalue weighted by atomic mass is 35.5. The quantitative estimate of drug-likeness (QED) is 0.692. The molecular weight excluding hydrogens is 296 g/mol. The molecule has 0 fully saturated rings. The van der Waals surface area contributed by atoms with Crippen molar-refractivity contribution in [3.63, 3.8) is 0 Å². The first-order valence-electron chi connectivity index (χ1n) is 7.12. The van der Waals surface area contributed by atoms with Gasteiger partial charge in [0.1, 0.15) is 12.2 Å². The maximum absolute atomic E-state index is 6.38. The number of aliphatic imine (C=N–C) groups is 1. The van der Waals surface area contributed by atoms with Crippen molar-refractivity contribution in [3.05, 3.63) is 76.8 Å². The van der Waals surface area contributed by atoms with Crippen LogP contribution in [0.15, 0.2) is 59.9 Å². The third-order valence-electron chi connectivity index (χ3n) is 3.77. The van der Waals surface area contributed by atoms with Crippen molar-refractivity contribution in [2.75, 3.05) is 6.54 Å². The van der Waals surface area contributed by atoms with Gasteiger partial charge in [0.15, 0.2) is 0 Å². The van der Waals surface area contributed by atoms with Gasteiger partial charge in [0.25, 0.3) is 0 Å². The molecule has 0 atom stereocenters. The monoisotopic (exact) mass is 308 g/mol. The van der Waals surface area contributed by atoms with E-state index in [4.69, 9.17) is 16.6 Å². The number of halogens is 1. The van der Waals surface area contributed by atoms with Gasteiger partial charge in [-0.2, -0.15) is 0 Å². The summed E-state index contributed by atoms with van der Waals surface area (Å²) in [6.45, 7) is 0.660. The van der Waals surface area contributed by atoms with Crippen molar-refractivity contribution in [1.82, 2.24) is 14.8 Å². The summed E-state index contributed by atoms with van der Waals surface area (Å²) in [4.78, 5) is 4.79. The fourth-order valence-corrected chi connectivity index (χ4v) is 2.98. The molecule has 5 heteroatoms. The largest absolute Gasteiger partial charge is 0.285 e. The van der Waals surface area contributed by atoms with Crippen LogP contribution >= 0.6 is 11.6 Å². The number of hydrogen-bond donors (Lipinski definition) is 0. The molecule has 0 N–H and O–H groups in total. The number of rotatable bonds is 1. The fourth-order valence-electron chi connectivity index (χ4n) is 2.75. The second-order valence-corrected chi connectivity index (χ2v) is 5.50. The number of fused-ring (bicyclic) bond motifs is 3. The zero-order chi connectivity index (χ0) is 14.9. The molecule has 108 valence electrons. The lowest BCUT2D eigenvalue weighted by Gasteiger charge is -2.17. The Morgan fingerprint density at radius 3 is 2.59 bits per heavy atom. The van der Waals surface area contributed by atoms with Crippen LogP contribution in [0.1, 0.15) is 17.0 Å². The molecule has 4 rings (SSSR count). The molecule has 22 heavy (non-hydrogen) atoms. The van der Waals surface area contributed by atoms with E-state index in [-0.39, 0.29) is 0 Å². The zero-order valence-corrected chi connectivity index (χ0v) is 12.5. The molecule has 1 aliphatic rings.